The fourth-order valence-electron chi connectivity index (χ4n) is 3.38. The molecule has 4 aromatic rings. The van der Waals surface area contributed by atoms with Gasteiger partial charge in [0.1, 0.15) is 28.4 Å². The number of nitrogens with zero attached hydrogens (tertiary/aromatic N) is 3. The Morgan fingerprint density at radius 2 is 1.79 bits per heavy atom. The number of halogens is 5. The molecular weight excluding hydrogens is 469 g/mol. The Morgan fingerprint density at radius 1 is 1.06 bits per heavy atom. The smallest absolute Gasteiger partial charge is 0.438 e. The monoisotopic (exact) mass is 483 g/mol. The molecule has 0 fully saturated rings. The normalized spacial score (nSPS) is 12.3. The zero-order valence-corrected chi connectivity index (χ0v) is 17.8. The van der Waals surface area contributed by atoms with E-state index in [1.54, 1.807) is 6.92 Å². The number of rotatable bonds is 4. The van der Waals surface area contributed by atoms with Crippen LogP contribution in [0.25, 0.3) is 28.2 Å². The highest BCUT2D eigenvalue weighted by Gasteiger charge is 2.40. The first-order valence-electron chi connectivity index (χ1n) is 9.23. The average molecular weight is 483 g/mol. The van der Waals surface area contributed by atoms with Crippen LogP contribution in [-0.4, -0.2) is 29.4 Å². The van der Waals surface area contributed by atoms with Crippen LogP contribution in [0, 0.1) is 18.6 Å². The van der Waals surface area contributed by atoms with Crippen molar-refractivity contribution in [1.29, 1.82) is 0 Å². The molecule has 0 spiro atoms. The van der Waals surface area contributed by atoms with Crippen molar-refractivity contribution in [3.05, 3.63) is 71.9 Å². The molecule has 0 bridgehead atoms. The predicted octanol–water partition coefficient (Wildman–Crippen LogP) is 5.20. The molecule has 0 saturated heterocycles. The van der Waals surface area contributed by atoms with Crippen molar-refractivity contribution in [3.8, 4) is 28.2 Å². The lowest BCUT2D eigenvalue weighted by atomic mass is 10.0. The number of alkyl halides is 3. The summed E-state index contributed by atoms with van der Waals surface area (Å²) in [5, 5.41) is 3.34. The highest BCUT2D eigenvalue weighted by molar-refractivity contribution is 7.90. The summed E-state index contributed by atoms with van der Waals surface area (Å²) >= 11 is 0. The van der Waals surface area contributed by atoms with Gasteiger partial charge in [-0.25, -0.2) is 26.9 Å². The van der Waals surface area contributed by atoms with Gasteiger partial charge < -0.3 is 4.42 Å². The SMILES string of the molecule is Cc1cc(-c2c(F)c(C(F)(F)F)nn2-c2ccc(S(C)(=O)=O)c(F)c2)ccc1-c1cocn1. The van der Waals surface area contributed by atoms with E-state index in [9.17, 15) is 26.0 Å². The van der Waals surface area contributed by atoms with Crippen molar-refractivity contribution >= 4 is 9.84 Å². The molecule has 0 amide bonds. The van der Waals surface area contributed by atoms with Crippen molar-refractivity contribution in [1.82, 2.24) is 14.8 Å². The van der Waals surface area contributed by atoms with E-state index in [-0.39, 0.29) is 11.3 Å². The fourth-order valence-corrected chi connectivity index (χ4v) is 4.11. The van der Waals surface area contributed by atoms with E-state index in [0.717, 1.165) is 18.4 Å². The highest BCUT2D eigenvalue weighted by atomic mass is 32.2. The zero-order chi connectivity index (χ0) is 24.1. The van der Waals surface area contributed by atoms with Crippen LogP contribution < -0.4 is 0 Å². The van der Waals surface area contributed by atoms with E-state index in [2.05, 4.69) is 10.1 Å². The lowest BCUT2D eigenvalue weighted by molar-refractivity contribution is -0.143. The van der Waals surface area contributed by atoms with Crippen LogP contribution in [0.5, 0.6) is 0 Å². The van der Waals surface area contributed by atoms with Gasteiger partial charge in [-0.3, -0.25) is 0 Å². The van der Waals surface area contributed by atoms with Crippen molar-refractivity contribution in [3.63, 3.8) is 0 Å². The van der Waals surface area contributed by atoms with Gasteiger partial charge in [0.25, 0.3) is 0 Å². The molecule has 0 unspecified atom stereocenters. The second-order valence-corrected chi connectivity index (χ2v) is 9.20. The van der Waals surface area contributed by atoms with E-state index >= 15 is 4.39 Å². The van der Waals surface area contributed by atoms with E-state index < -0.39 is 43.9 Å². The van der Waals surface area contributed by atoms with Gasteiger partial charge in [0.2, 0.25) is 5.69 Å². The molecule has 2 aromatic carbocycles. The van der Waals surface area contributed by atoms with E-state index in [4.69, 9.17) is 4.42 Å². The molecule has 6 nitrogen and oxygen atoms in total. The predicted molar refractivity (Wildman–Crippen MR) is 107 cm³/mol. The molecule has 12 heteroatoms. The van der Waals surface area contributed by atoms with E-state index in [0.29, 0.717) is 27.6 Å². The third-order valence-electron chi connectivity index (χ3n) is 4.86. The lowest BCUT2D eigenvalue weighted by Gasteiger charge is -2.11. The summed E-state index contributed by atoms with van der Waals surface area (Å²) in [6.45, 7) is 1.65. The maximum absolute atomic E-state index is 15.0. The Labute approximate surface area is 184 Å². The maximum atomic E-state index is 15.0. The quantitative estimate of drug-likeness (QED) is 0.373. The number of hydrogen-bond acceptors (Lipinski definition) is 5. The minimum Gasteiger partial charge on any atom is -0.451 e. The van der Waals surface area contributed by atoms with Crippen molar-refractivity contribution in [2.24, 2.45) is 0 Å². The molecule has 0 aliphatic heterocycles. The van der Waals surface area contributed by atoms with Crippen LogP contribution in [0.4, 0.5) is 22.0 Å². The maximum Gasteiger partial charge on any atom is 0.438 e. The molecule has 172 valence electrons. The molecule has 0 radical (unpaired) electrons. The molecule has 0 saturated carbocycles. The van der Waals surface area contributed by atoms with E-state index in [1.807, 2.05) is 0 Å². The summed E-state index contributed by atoms with van der Waals surface area (Å²) in [4.78, 5) is 3.36. The second kappa shape index (κ2) is 7.80. The Kier molecular flexibility index (Phi) is 5.35. The van der Waals surface area contributed by atoms with Crippen LogP contribution in [0.2, 0.25) is 0 Å². The van der Waals surface area contributed by atoms with Gasteiger partial charge in [-0.1, -0.05) is 12.1 Å². The van der Waals surface area contributed by atoms with Gasteiger partial charge in [-0.05, 0) is 30.7 Å². The summed E-state index contributed by atoms with van der Waals surface area (Å²) in [6, 6.07) is 6.95. The molecule has 33 heavy (non-hydrogen) atoms. The minimum absolute atomic E-state index is 0.0350. The van der Waals surface area contributed by atoms with Gasteiger partial charge in [-0.2, -0.15) is 18.3 Å². The fraction of sp³-hybridized carbons (Fsp3) is 0.143. The first-order valence-corrected chi connectivity index (χ1v) is 11.1. The molecular formula is C21H14F5N3O3S. The van der Waals surface area contributed by atoms with E-state index in [1.165, 1.54) is 30.9 Å². The molecule has 0 aliphatic carbocycles. The van der Waals surface area contributed by atoms with Crippen LogP contribution in [0.1, 0.15) is 11.3 Å². The minimum atomic E-state index is -5.12. The number of oxazole rings is 1. The summed E-state index contributed by atoms with van der Waals surface area (Å²) in [5.74, 6) is -2.85. The Bertz CT molecular complexity index is 1460. The lowest BCUT2D eigenvalue weighted by Crippen LogP contribution is -2.09. The topological polar surface area (TPSA) is 78.0 Å². The zero-order valence-electron chi connectivity index (χ0n) is 17.0. The summed E-state index contributed by atoms with van der Waals surface area (Å²) in [5.41, 5.74) is -0.968. The van der Waals surface area contributed by atoms with Gasteiger partial charge in [0.05, 0.1) is 5.69 Å². The molecule has 0 aliphatic rings. The van der Waals surface area contributed by atoms with Crippen LogP contribution in [-0.2, 0) is 16.0 Å². The van der Waals surface area contributed by atoms with Crippen molar-refractivity contribution < 1.29 is 34.8 Å². The molecule has 4 rings (SSSR count). The average Bonchev–Trinajstić information content (AvgIpc) is 3.34. The van der Waals surface area contributed by atoms with Crippen molar-refractivity contribution in [2.45, 2.75) is 18.0 Å². The first kappa shape index (κ1) is 22.6. The third-order valence-corrected chi connectivity index (χ3v) is 5.99. The number of hydrogen-bond donors (Lipinski definition) is 0. The van der Waals surface area contributed by atoms with Gasteiger partial charge in [0.15, 0.2) is 22.0 Å². The Balaban J connectivity index is 1.93. The molecule has 0 atom stereocenters. The molecule has 0 N–H and O–H groups in total. The van der Waals surface area contributed by atoms with Crippen LogP contribution in [0.3, 0.4) is 0 Å². The standard InChI is InChI=1S/C21H14F5N3O3S/c1-11-7-12(3-5-14(11)16-9-32-10-27-16)19-18(23)20(21(24,25)26)28-29(19)13-4-6-17(15(22)8-13)33(2,30)31/h3-10H,1-2H3. The molecule has 2 aromatic heterocycles. The summed E-state index contributed by atoms with van der Waals surface area (Å²) in [7, 11) is -3.93. The second-order valence-electron chi connectivity index (χ2n) is 7.21. The van der Waals surface area contributed by atoms with Gasteiger partial charge in [0, 0.05) is 23.4 Å². The largest absolute Gasteiger partial charge is 0.451 e. The third kappa shape index (κ3) is 4.13. The number of aryl methyl sites for hydroxylation is 1. The van der Waals surface area contributed by atoms with Gasteiger partial charge >= 0.3 is 6.18 Å². The van der Waals surface area contributed by atoms with Crippen molar-refractivity contribution in [2.75, 3.05) is 6.26 Å². The highest BCUT2D eigenvalue weighted by Crippen LogP contribution is 2.38. The first-order chi connectivity index (χ1) is 15.4. The summed E-state index contributed by atoms with van der Waals surface area (Å²) < 4.78 is 98.5. The van der Waals surface area contributed by atoms with Crippen LogP contribution >= 0.6 is 0 Å². The summed E-state index contributed by atoms with van der Waals surface area (Å²) in [6.07, 6.45) is -1.75. The number of aromatic nitrogens is 3. The van der Waals surface area contributed by atoms with Crippen LogP contribution in [0.15, 0.2) is 58.4 Å². The Hall–Kier alpha value is -3.54. The Morgan fingerprint density at radius 3 is 2.33 bits per heavy atom. The number of sulfone groups is 1. The molecule has 2 heterocycles. The number of benzene rings is 2. The van der Waals surface area contributed by atoms with Gasteiger partial charge in [-0.15, -0.1) is 0 Å².